The number of benzene rings is 1. The van der Waals surface area contributed by atoms with Gasteiger partial charge in [0.1, 0.15) is 5.58 Å². The molecule has 0 aliphatic carbocycles. The van der Waals surface area contributed by atoms with Crippen LogP contribution in [0.15, 0.2) is 27.4 Å². The Hall–Kier alpha value is -0.970. The van der Waals surface area contributed by atoms with Gasteiger partial charge in [-0.3, -0.25) is 0 Å². The van der Waals surface area contributed by atoms with Crippen LogP contribution in [-0.4, -0.2) is 39.8 Å². The van der Waals surface area contributed by atoms with Crippen LogP contribution in [0.1, 0.15) is 5.56 Å². The van der Waals surface area contributed by atoms with Gasteiger partial charge in [-0.05, 0) is 18.6 Å². The third-order valence-corrected chi connectivity index (χ3v) is 2.05. The van der Waals surface area contributed by atoms with Gasteiger partial charge in [0.05, 0.1) is 0 Å². The van der Waals surface area contributed by atoms with Gasteiger partial charge in [0, 0.05) is 17.5 Å². The molecule has 0 spiro atoms. The maximum atomic E-state index is 11.0. The first-order valence-corrected chi connectivity index (χ1v) is 4.04. The molecule has 4 nitrogen and oxygen atoms in total. The number of aromatic hydroxyl groups is 2. The molecule has 1 heterocycles. The van der Waals surface area contributed by atoms with Crippen molar-refractivity contribution < 1.29 is 14.6 Å². The van der Waals surface area contributed by atoms with Crippen LogP contribution in [0.25, 0.3) is 11.0 Å². The number of phenolic OH excluding ortho intramolecular Hbond substituents is 2. The molecule has 2 N–H and O–H groups in total. The Bertz CT molecular complexity index is 559. The summed E-state index contributed by atoms with van der Waals surface area (Å²) in [5, 5.41) is 19.0. The van der Waals surface area contributed by atoms with Gasteiger partial charge in [0.2, 0.25) is 0 Å². The summed E-state index contributed by atoms with van der Waals surface area (Å²) in [5.74, 6) is -0.527. The second kappa shape index (κ2) is 4.26. The third-order valence-electron chi connectivity index (χ3n) is 2.05. The van der Waals surface area contributed by atoms with Crippen molar-refractivity contribution in [3.8, 4) is 11.5 Å². The number of hydrogen-bond donors (Lipinski definition) is 2. The quantitative estimate of drug-likeness (QED) is 0.389. The average molecular weight is 216 g/mol. The Morgan fingerprint density at radius 3 is 2.40 bits per heavy atom. The summed E-state index contributed by atoms with van der Waals surface area (Å²) < 4.78 is 4.85. The number of rotatable bonds is 0. The summed E-state index contributed by atoms with van der Waals surface area (Å²) in [6.45, 7) is 1.73. The van der Waals surface area contributed by atoms with E-state index in [0.29, 0.717) is 10.9 Å². The molecule has 5 heteroatoms. The van der Waals surface area contributed by atoms with Gasteiger partial charge in [-0.15, -0.1) is 0 Å². The van der Waals surface area contributed by atoms with Gasteiger partial charge >= 0.3 is 35.2 Å². The van der Waals surface area contributed by atoms with Gasteiger partial charge in [-0.25, -0.2) is 4.79 Å². The van der Waals surface area contributed by atoms with Gasteiger partial charge in [0.25, 0.3) is 0 Å². The summed E-state index contributed by atoms with van der Waals surface area (Å²) in [7, 11) is 0. The molecule has 1 aromatic heterocycles. The molecule has 0 saturated carbocycles. The van der Waals surface area contributed by atoms with Crippen molar-refractivity contribution in [1.82, 2.24) is 0 Å². The second-order valence-corrected chi connectivity index (χ2v) is 3.09. The van der Waals surface area contributed by atoms with E-state index in [0.717, 1.165) is 0 Å². The molecule has 2 rings (SSSR count). The summed E-state index contributed by atoms with van der Waals surface area (Å²) in [4.78, 5) is 11.0. The van der Waals surface area contributed by atoms with E-state index in [1.54, 1.807) is 6.92 Å². The average Bonchev–Trinajstić information content (AvgIpc) is 2.08. The Morgan fingerprint density at radius 1 is 1.13 bits per heavy atom. The molecule has 1 aromatic carbocycles. The van der Waals surface area contributed by atoms with Crippen LogP contribution in [-0.2, 0) is 0 Å². The minimum atomic E-state index is -0.472. The summed E-state index contributed by atoms with van der Waals surface area (Å²) >= 11 is 0. The summed E-state index contributed by atoms with van der Waals surface area (Å²) in [5.41, 5.74) is 0.497. The normalized spacial score (nSPS) is 9.93. The fourth-order valence-corrected chi connectivity index (χ4v) is 1.34. The Morgan fingerprint density at radius 2 is 1.73 bits per heavy atom. The van der Waals surface area contributed by atoms with Crippen molar-refractivity contribution in [3.63, 3.8) is 0 Å². The zero-order valence-electron chi connectivity index (χ0n) is 7.44. The van der Waals surface area contributed by atoms with Crippen LogP contribution in [0.2, 0.25) is 0 Å². The van der Waals surface area contributed by atoms with E-state index in [4.69, 9.17) is 4.42 Å². The van der Waals surface area contributed by atoms with Crippen LogP contribution in [0.5, 0.6) is 11.5 Å². The van der Waals surface area contributed by atoms with Gasteiger partial charge in [-0.1, -0.05) is 0 Å². The molecule has 0 aliphatic rings. The number of aryl methyl sites for hydroxylation is 1. The van der Waals surface area contributed by atoms with Crippen LogP contribution >= 0.6 is 0 Å². The monoisotopic (exact) mass is 216 g/mol. The molecule has 0 aliphatic heterocycles. The SMILES string of the molecule is Cc1cc(=O)oc2cc(O)c(O)cc12.[NaH]. The van der Waals surface area contributed by atoms with Crippen molar-refractivity contribution in [2.75, 3.05) is 0 Å². The van der Waals surface area contributed by atoms with Gasteiger partial charge in [0.15, 0.2) is 11.5 Å². The van der Waals surface area contributed by atoms with E-state index in [1.807, 2.05) is 0 Å². The Kier molecular flexibility index (Phi) is 3.44. The van der Waals surface area contributed by atoms with Crippen LogP contribution in [0.3, 0.4) is 0 Å². The summed E-state index contributed by atoms with van der Waals surface area (Å²) in [6.07, 6.45) is 0. The number of hydrogen-bond acceptors (Lipinski definition) is 4. The van der Waals surface area contributed by atoms with Gasteiger partial charge in [-0.2, -0.15) is 0 Å². The molecule has 0 unspecified atom stereocenters. The molecule has 0 radical (unpaired) electrons. The number of phenols is 2. The molecule has 0 atom stereocenters. The van der Waals surface area contributed by atoms with Crippen molar-refractivity contribution in [3.05, 3.63) is 34.2 Å². The first-order valence-electron chi connectivity index (χ1n) is 4.04. The van der Waals surface area contributed by atoms with E-state index in [1.165, 1.54) is 18.2 Å². The Labute approximate surface area is 107 Å². The van der Waals surface area contributed by atoms with Crippen LogP contribution < -0.4 is 5.63 Å². The van der Waals surface area contributed by atoms with Crippen molar-refractivity contribution in [2.24, 2.45) is 0 Å². The molecule has 74 valence electrons. The predicted octanol–water partition coefficient (Wildman–Crippen LogP) is 0.864. The van der Waals surface area contributed by atoms with Crippen molar-refractivity contribution in [1.29, 1.82) is 0 Å². The fourth-order valence-electron chi connectivity index (χ4n) is 1.34. The second-order valence-electron chi connectivity index (χ2n) is 3.09. The number of fused-ring (bicyclic) bond motifs is 1. The Balaban J connectivity index is 0.00000112. The molecule has 0 bridgehead atoms. The zero-order chi connectivity index (χ0) is 10.3. The van der Waals surface area contributed by atoms with Crippen LogP contribution in [0, 0.1) is 6.92 Å². The predicted molar refractivity (Wildman–Crippen MR) is 57.7 cm³/mol. The van der Waals surface area contributed by atoms with Crippen LogP contribution in [0.4, 0.5) is 0 Å². The molecule has 0 fully saturated rings. The molecular formula is C10H9NaO4. The van der Waals surface area contributed by atoms with E-state index in [2.05, 4.69) is 0 Å². The van der Waals surface area contributed by atoms with E-state index >= 15 is 0 Å². The van der Waals surface area contributed by atoms with E-state index in [-0.39, 0.29) is 46.6 Å². The standard InChI is InChI=1S/C10H8O4.Na.H/c1-5-2-10(13)14-9-4-8(12)7(11)3-6(5)9;;/h2-4,11-12H,1H3;;. The molecule has 0 saturated heterocycles. The molecular weight excluding hydrogens is 207 g/mol. The minimum absolute atomic E-state index is 0. The first kappa shape index (κ1) is 12.1. The van der Waals surface area contributed by atoms with Crippen molar-refractivity contribution >= 4 is 40.5 Å². The molecule has 0 amide bonds. The first-order chi connectivity index (χ1) is 6.58. The molecule has 15 heavy (non-hydrogen) atoms. The third kappa shape index (κ3) is 2.17. The van der Waals surface area contributed by atoms with E-state index < -0.39 is 5.63 Å². The fraction of sp³-hybridized carbons (Fsp3) is 0.100. The maximum absolute atomic E-state index is 11.0. The topological polar surface area (TPSA) is 70.7 Å². The zero-order valence-corrected chi connectivity index (χ0v) is 7.44. The molecule has 2 aromatic rings. The van der Waals surface area contributed by atoms with Gasteiger partial charge < -0.3 is 14.6 Å². The van der Waals surface area contributed by atoms with Crippen molar-refractivity contribution in [2.45, 2.75) is 6.92 Å². The van der Waals surface area contributed by atoms with E-state index in [9.17, 15) is 15.0 Å². The summed E-state index contributed by atoms with van der Waals surface area (Å²) in [6, 6.07) is 3.92.